The largest absolute Gasteiger partial charge is 0.245 e. The summed E-state index contributed by atoms with van der Waals surface area (Å²) in [5.74, 6) is 0.762. The molecule has 2 rings (SSSR count). The molecule has 1 aliphatic rings. The first-order valence-corrected chi connectivity index (χ1v) is 6.35. The fraction of sp³-hybridized carbons (Fsp3) is 0.714. The molecule has 2 heteroatoms. The summed E-state index contributed by atoms with van der Waals surface area (Å²) >= 11 is 0. The Morgan fingerprint density at radius 1 is 1.25 bits per heavy atom. The molecule has 0 N–H and O–H groups in total. The van der Waals surface area contributed by atoms with Crippen molar-refractivity contribution in [3.8, 4) is 0 Å². The first kappa shape index (κ1) is 11.6. The van der Waals surface area contributed by atoms with Crippen LogP contribution >= 0.6 is 0 Å². The van der Waals surface area contributed by atoms with Gasteiger partial charge in [-0.25, -0.2) is 9.97 Å². The molecule has 0 aliphatic heterocycles. The summed E-state index contributed by atoms with van der Waals surface area (Å²) in [4.78, 5) is 8.60. The summed E-state index contributed by atoms with van der Waals surface area (Å²) in [7, 11) is 0. The zero-order chi connectivity index (χ0) is 11.6. The maximum Gasteiger partial charge on any atom is 0.115 e. The normalized spacial score (nSPS) is 22.1. The van der Waals surface area contributed by atoms with E-state index in [1.165, 1.54) is 30.5 Å². The Morgan fingerprint density at radius 2 is 2.06 bits per heavy atom. The highest BCUT2D eigenvalue weighted by molar-refractivity contribution is 5.18. The van der Waals surface area contributed by atoms with Crippen LogP contribution < -0.4 is 0 Å². The van der Waals surface area contributed by atoms with E-state index in [0.717, 1.165) is 18.8 Å². The van der Waals surface area contributed by atoms with E-state index in [-0.39, 0.29) is 0 Å². The lowest BCUT2D eigenvalue weighted by Gasteiger charge is -2.32. The average Bonchev–Trinajstić information content (AvgIpc) is 2.17. The fourth-order valence-electron chi connectivity index (χ4n) is 2.57. The van der Waals surface area contributed by atoms with Gasteiger partial charge in [0.15, 0.2) is 0 Å². The van der Waals surface area contributed by atoms with E-state index in [1.54, 1.807) is 6.33 Å². The fourth-order valence-corrected chi connectivity index (χ4v) is 2.57. The average molecular weight is 218 g/mol. The van der Waals surface area contributed by atoms with E-state index in [9.17, 15) is 0 Å². The molecule has 0 saturated heterocycles. The lowest BCUT2D eigenvalue weighted by molar-refractivity contribution is 0.215. The van der Waals surface area contributed by atoms with Gasteiger partial charge >= 0.3 is 0 Å². The molecule has 88 valence electrons. The maximum absolute atomic E-state index is 4.43. The van der Waals surface area contributed by atoms with Crippen LogP contribution in [0.1, 0.15) is 51.3 Å². The third-order valence-electron chi connectivity index (χ3n) is 3.79. The molecule has 1 atom stereocenters. The van der Waals surface area contributed by atoms with Crippen LogP contribution in [-0.2, 0) is 12.8 Å². The zero-order valence-corrected chi connectivity index (χ0v) is 10.7. The third kappa shape index (κ3) is 2.60. The summed E-state index contributed by atoms with van der Waals surface area (Å²) in [6.45, 7) is 7.05. The summed E-state index contributed by atoms with van der Waals surface area (Å²) in [5.41, 5.74) is 3.05. The van der Waals surface area contributed by atoms with Gasteiger partial charge in [0.05, 0.1) is 0 Å². The smallest absolute Gasteiger partial charge is 0.115 e. The van der Waals surface area contributed by atoms with Crippen LogP contribution in [0.15, 0.2) is 12.5 Å². The number of hydrogen-bond acceptors (Lipinski definition) is 2. The molecule has 1 aromatic heterocycles. The molecule has 2 nitrogen and oxygen atoms in total. The minimum absolute atomic E-state index is 0.393. The number of nitrogens with zero attached hydrogens (tertiary/aromatic N) is 2. The molecule has 16 heavy (non-hydrogen) atoms. The molecule has 0 bridgehead atoms. The van der Waals surface area contributed by atoms with Crippen molar-refractivity contribution >= 4 is 0 Å². The van der Waals surface area contributed by atoms with Gasteiger partial charge in [0.2, 0.25) is 0 Å². The lowest BCUT2D eigenvalue weighted by atomic mass is 9.73. The van der Waals surface area contributed by atoms with E-state index in [4.69, 9.17) is 0 Å². The van der Waals surface area contributed by atoms with Gasteiger partial charge in [-0.3, -0.25) is 0 Å². The van der Waals surface area contributed by atoms with Crippen molar-refractivity contribution < 1.29 is 0 Å². The van der Waals surface area contributed by atoms with E-state index in [2.05, 4.69) is 30.7 Å². The van der Waals surface area contributed by atoms with Crippen molar-refractivity contribution in [1.82, 2.24) is 9.97 Å². The molecular weight excluding hydrogens is 196 g/mol. The molecule has 0 spiro atoms. The monoisotopic (exact) mass is 218 g/mol. The highest BCUT2D eigenvalue weighted by atomic mass is 14.8. The molecule has 0 radical (unpaired) electrons. The van der Waals surface area contributed by atoms with Crippen LogP contribution in [0.2, 0.25) is 0 Å². The topological polar surface area (TPSA) is 25.8 Å². The Balaban J connectivity index is 2.25. The van der Waals surface area contributed by atoms with Crippen LogP contribution in [0.25, 0.3) is 0 Å². The summed E-state index contributed by atoms with van der Waals surface area (Å²) < 4.78 is 0. The number of fused-ring (bicyclic) bond motifs is 1. The predicted molar refractivity (Wildman–Crippen MR) is 66.2 cm³/mol. The Morgan fingerprint density at radius 3 is 2.81 bits per heavy atom. The molecule has 0 amide bonds. The second-order valence-corrected chi connectivity index (χ2v) is 6.01. The standard InChI is InChI=1S/C14H22N2/c1-14(2,3)12-6-4-5-7-13-11(8-12)9-15-10-16-13/h9-10,12H,4-8H2,1-3H3. The van der Waals surface area contributed by atoms with Gasteiger partial charge in [-0.05, 0) is 42.6 Å². The van der Waals surface area contributed by atoms with Gasteiger partial charge in [-0.15, -0.1) is 0 Å². The van der Waals surface area contributed by atoms with E-state index in [0.29, 0.717) is 5.41 Å². The second kappa shape index (κ2) is 4.52. The minimum Gasteiger partial charge on any atom is -0.245 e. The summed E-state index contributed by atoms with van der Waals surface area (Å²) in [5, 5.41) is 0. The Labute approximate surface area is 98.5 Å². The van der Waals surface area contributed by atoms with Crippen molar-refractivity contribution in [3.05, 3.63) is 23.8 Å². The predicted octanol–water partition coefficient (Wildman–Crippen LogP) is 3.41. The Kier molecular flexibility index (Phi) is 3.27. The molecular formula is C14H22N2. The highest BCUT2D eigenvalue weighted by Crippen LogP contribution is 2.35. The molecule has 0 fully saturated rings. The van der Waals surface area contributed by atoms with Crippen LogP contribution in [0.5, 0.6) is 0 Å². The van der Waals surface area contributed by atoms with Crippen LogP contribution in [0, 0.1) is 11.3 Å². The number of aryl methyl sites for hydroxylation is 1. The molecule has 1 heterocycles. The van der Waals surface area contributed by atoms with Gasteiger partial charge in [0.25, 0.3) is 0 Å². The first-order valence-electron chi connectivity index (χ1n) is 6.35. The van der Waals surface area contributed by atoms with Gasteiger partial charge < -0.3 is 0 Å². The Bertz CT molecular complexity index is 352. The third-order valence-corrected chi connectivity index (χ3v) is 3.79. The van der Waals surface area contributed by atoms with Crippen LogP contribution in [-0.4, -0.2) is 9.97 Å². The Hall–Kier alpha value is -0.920. The van der Waals surface area contributed by atoms with Crippen LogP contribution in [0.3, 0.4) is 0 Å². The van der Waals surface area contributed by atoms with Gasteiger partial charge in [0.1, 0.15) is 6.33 Å². The number of rotatable bonds is 0. The van der Waals surface area contributed by atoms with Crippen molar-refractivity contribution in [2.24, 2.45) is 11.3 Å². The molecule has 0 saturated carbocycles. The molecule has 1 aliphatic carbocycles. The van der Waals surface area contributed by atoms with Crippen LogP contribution in [0.4, 0.5) is 0 Å². The van der Waals surface area contributed by atoms with Crippen molar-refractivity contribution in [1.29, 1.82) is 0 Å². The number of hydrogen-bond donors (Lipinski definition) is 0. The van der Waals surface area contributed by atoms with Gasteiger partial charge in [-0.1, -0.05) is 27.2 Å². The lowest BCUT2D eigenvalue weighted by Crippen LogP contribution is -2.24. The van der Waals surface area contributed by atoms with E-state index in [1.807, 2.05) is 6.20 Å². The molecule has 0 aromatic carbocycles. The molecule has 1 aromatic rings. The SMILES string of the molecule is CC(C)(C)C1CCCCc2ncncc2C1. The highest BCUT2D eigenvalue weighted by Gasteiger charge is 2.26. The van der Waals surface area contributed by atoms with Gasteiger partial charge in [-0.2, -0.15) is 0 Å². The second-order valence-electron chi connectivity index (χ2n) is 6.01. The minimum atomic E-state index is 0.393. The van der Waals surface area contributed by atoms with E-state index < -0.39 is 0 Å². The molecule has 1 unspecified atom stereocenters. The van der Waals surface area contributed by atoms with Gasteiger partial charge in [0, 0.05) is 11.9 Å². The summed E-state index contributed by atoms with van der Waals surface area (Å²) in [6.07, 6.45) is 9.95. The zero-order valence-electron chi connectivity index (χ0n) is 10.7. The first-order chi connectivity index (χ1) is 7.57. The summed E-state index contributed by atoms with van der Waals surface area (Å²) in [6, 6.07) is 0. The maximum atomic E-state index is 4.43. The van der Waals surface area contributed by atoms with E-state index >= 15 is 0 Å². The van der Waals surface area contributed by atoms with Crippen molar-refractivity contribution in [2.75, 3.05) is 0 Å². The quantitative estimate of drug-likeness (QED) is 0.667. The van der Waals surface area contributed by atoms with Crippen molar-refractivity contribution in [2.45, 2.75) is 52.9 Å². The number of aromatic nitrogens is 2. The van der Waals surface area contributed by atoms with Crippen molar-refractivity contribution in [3.63, 3.8) is 0 Å².